The van der Waals surface area contributed by atoms with Crippen LogP contribution < -0.4 is 14.9 Å². The predicted octanol–water partition coefficient (Wildman–Crippen LogP) is 5.89. The maximum Gasteiger partial charge on any atom is 0.307 e. The molecule has 6 nitrogen and oxygen atoms in total. The molecule has 3 rings (SSSR count). The molecule has 0 unspecified atom stereocenters. The van der Waals surface area contributed by atoms with E-state index in [0.717, 1.165) is 24.4 Å². The predicted molar refractivity (Wildman–Crippen MR) is 119 cm³/mol. The van der Waals surface area contributed by atoms with Crippen molar-refractivity contribution in [1.29, 1.82) is 0 Å². The van der Waals surface area contributed by atoms with Crippen LogP contribution >= 0.6 is 47.8 Å². The highest BCUT2D eigenvalue weighted by molar-refractivity contribution is 9.11. The Bertz CT molecular complexity index is 1060. The second-order valence-electron chi connectivity index (χ2n) is 5.58. The Kier molecular flexibility index (Phi) is 6.79. The summed E-state index contributed by atoms with van der Waals surface area (Å²) in [5.41, 5.74) is 3.78. The third kappa shape index (κ3) is 4.59. The molecule has 0 aliphatic rings. The molecule has 3 aromatic rings. The number of nitrogens with one attached hydrogen (secondary N) is 1. The van der Waals surface area contributed by atoms with Crippen LogP contribution in [0.3, 0.4) is 0 Å². The molecule has 2 aromatic carbocycles. The summed E-state index contributed by atoms with van der Waals surface area (Å²) in [6.07, 6.45) is 1.51. The van der Waals surface area contributed by atoms with Crippen LogP contribution in [-0.4, -0.2) is 25.8 Å². The van der Waals surface area contributed by atoms with Gasteiger partial charge in [0.15, 0.2) is 17.3 Å². The van der Waals surface area contributed by atoms with Gasteiger partial charge in [-0.25, -0.2) is 5.43 Å². The van der Waals surface area contributed by atoms with Crippen molar-refractivity contribution in [2.45, 2.75) is 6.92 Å². The summed E-state index contributed by atoms with van der Waals surface area (Å²) in [4.78, 5) is 12.3. The van der Waals surface area contributed by atoms with Crippen molar-refractivity contribution in [2.24, 2.45) is 5.10 Å². The highest BCUT2D eigenvalue weighted by Crippen LogP contribution is 2.36. The zero-order chi connectivity index (χ0) is 20.3. The van der Waals surface area contributed by atoms with Crippen molar-refractivity contribution in [1.82, 2.24) is 5.43 Å². The Hall–Kier alpha value is -1.84. The quantitative estimate of drug-likeness (QED) is 0.294. The standard InChI is InChI=1S/C19H15Br3N2O4/c1-3-27-18-13(21)4-10(5-15(18)26-2)9-23-24-19(25)16-7-11-6-12(20)8-14(22)17(11)28-16/h4-9H,3H2,1-2H3,(H,24,25)/b23-9-. The van der Waals surface area contributed by atoms with E-state index in [-0.39, 0.29) is 5.76 Å². The number of ether oxygens (including phenoxy) is 2. The number of halogens is 3. The molecule has 28 heavy (non-hydrogen) atoms. The van der Waals surface area contributed by atoms with Crippen molar-refractivity contribution in [3.8, 4) is 11.5 Å². The molecular weight excluding hydrogens is 560 g/mol. The van der Waals surface area contributed by atoms with Crippen LogP contribution in [0.4, 0.5) is 0 Å². The molecule has 1 heterocycles. The summed E-state index contributed by atoms with van der Waals surface area (Å²) in [7, 11) is 1.56. The first-order valence-electron chi connectivity index (χ1n) is 8.15. The van der Waals surface area contributed by atoms with E-state index in [0.29, 0.717) is 23.7 Å². The molecular formula is C19H15Br3N2O4. The van der Waals surface area contributed by atoms with E-state index in [2.05, 4.69) is 58.3 Å². The molecule has 0 spiro atoms. The fraction of sp³-hybridized carbons (Fsp3) is 0.158. The second-order valence-corrected chi connectivity index (χ2v) is 8.21. The minimum absolute atomic E-state index is 0.163. The van der Waals surface area contributed by atoms with Crippen LogP contribution in [0, 0.1) is 0 Å². The number of carbonyl (C=O) groups is 1. The number of methoxy groups -OCH3 is 1. The topological polar surface area (TPSA) is 73.1 Å². The Morgan fingerprint density at radius 2 is 1.96 bits per heavy atom. The third-order valence-electron chi connectivity index (χ3n) is 3.68. The van der Waals surface area contributed by atoms with E-state index >= 15 is 0 Å². The molecule has 0 atom stereocenters. The van der Waals surface area contributed by atoms with Gasteiger partial charge in [-0.15, -0.1) is 0 Å². The normalized spacial score (nSPS) is 11.2. The Balaban J connectivity index is 1.76. The van der Waals surface area contributed by atoms with Gasteiger partial charge in [0.2, 0.25) is 0 Å². The average Bonchev–Trinajstić information content (AvgIpc) is 3.08. The molecule has 1 amide bonds. The molecule has 0 fully saturated rings. The molecule has 146 valence electrons. The SMILES string of the molecule is CCOc1c(Br)cc(/C=N\NC(=O)c2cc3cc(Br)cc(Br)c3o2)cc1OC. The molecule has 0 aliphatic carbocycles. The van der Waals surface area contributed by atoms with Gasteiger partial charge in [0.1, 0.15) is 5.58 Å². The van der Waals surface area contributed by atoms with Crippen molar-refractivity contribution < 1.29 is 18.7 Å². The van der Waals surface area contributed by atoms with Gasteiger partial charge in [-0.1, -0.05) is 15.9 Å². The maximum atomic E-state index is 12.3. The molecule has 1 N–H and O–H groups in total. The lowest BCUT2D eigenvalue weighted by Crippen LogP contribution is -2.16. The number of carbonyl (C=O) groups excluding carboxylic acids is 1. The van der Waals surface area contributed by atoms with Crippen molar-refractivity contribution >= 4 is 70.9 Å². The minimum Gasteiger partial charge on any atom is -0.493 e. The Labute approximate surface area is 186 Å². The fourth-order valence-corrected chi connectivity index (χ4v) is 4.42. The van der Waals surface area contributed by atoms with Gasteiger partial charge in [0, 0.05) is 9.86 Å². The number of fused-ring (bicyclic) bond motifs is 1. The largest absolute Gasteiger partial charge is 0.493 e. The van der Waals surface area contributed by atoms with E-state index in [1.165, 1.54) is 6.21 Å². The van der Waals surface area contributed by atoms with Crippen molar-refractivity contribution in [2.75, 3.05) is 13.7 Å². The number of nitrogens with zero attached hydrogens (tertiary/aromatic N) is 1. The number of furan rings is 1. The summed E-state index contributed by atoms with van der Waals surface area (Å²) in [5, 5.41) is 4.80. The van der Waals surface area contributed by atoms with Crippen molar-refractivity contribution in [3.63, 3.8) is 0 Å². The van der Waals surface area contributed by atoms with Gasteiger partial charge in [0.25, 0.3) is 0 Å². The summed E-state index contributed by atoms with van der Waals surface area (Å²) >= 11 is 10.3. The molecule has 9 heteroatoms. The minimum atomic E-state index is -0.451. The van der Waals surface area contributed by atoms with Gasteiger partial charge in [-0.2, -0.15) is 5.10 Å². The summed E-state index contributed by atoms with van der Waals surface area (Å²) in [5.74, 6) is 0.894. The number of rotatable bonds is 6. The second kappa shape index (κ2) is 9.11. The van der Waals surface area contributed by atoms with Gasteiger partial charge in [-0.05, 0) is 74.7 Å². The number of amides is 1. The van der Waals surface area contributed by atoms with Crippen LogP contribution in [-0.2, 0) is 0 Å². The van der Waals surface area contributed by atoms with Crippen LogP contribution in [0.1, 0.15) is 23.0 Å². The lowest BCUT2D eigenvalue weighted by molar-refractivity contribution is 0.0929. The Morgan fingerprint density at radius 3 is 2.68 bits per heavy atom. The molecule has 0 saturated heterocycles. The van der Waals surface area contributed by atoms with E-state index in [4.69, 9.17) is 13.9 Å². The van der Waals surface area contributed by atoms with Gasteiger partial charge in [-0.3, -0.25) is 4.79 Å². The molecule has 1 aromatic heterocycles. The lowest BCUT2D eigenvalue weighted by atomic mass is 10.2. The highest BCUT2D eigenvalue weighted by atomic mass is 79.9. The molecule has 0 radical (unpaired) electrons. The molecule has 0 saturated carbocycles. The zero-order valence-electron chi connectivity index (χ0n) is 14.9. The third-order valence-corrected chi connectivity index (χ3v) is 5.32. The summed E-state index contributed by atoms with van der Waals surface area (Å²) in [6.45, 7) is 2.41. The fourth-order valence-electron chi connectivity index (χ4n) is 2.51. The number of hydrogen-bond acceptors (Lipinski definition) is 5. The van der Waals surface area contributed by atoms with Gasteiger partial charge < -0.3 is 13.9 Å². The summed E-state index contributed by atoms with van der Waals surface area (Å²) < 4.78 is 18.9. The van der Waals surface area contributed by atoms with E-state index in [1.807, 2.05) is 25.1 Å². The van der Waals surface area contributed by atoms with Crippen molar-refractivity contribution in [3.05, 3.63) is 55.1 Å². The average molecular weight is 575 g/mol. The van der Waals surface area contributed by atoms with Gasteiger partial charge >= 0.3 is 5.91 Å². The smallest absolute Gasteiger partial charge is 0.307 e. The first kappa shape index (κ1) is 20.9. The first-order valence-corrected chi connectivity index (χ1v) is 10.5. The summed E-state index contributed by atoms with van der Waals surface area (Å²) in [6, 6.07) is 8.96. The lowest BCUT2D eigenvalue weighted by Gasteiger charge is -2.11. The maximum absolute atomic E-state index is 12.3. The van der Waals surface area contributed by atoms with E-state index in [9.17, 15) is 4.79 Å². The van der Waals surface area contributed by atoms with Crippen LogP contribution in [0.25, 0.3) is 11.0 Å². The monoisotopic (exact) mass is 572 g/mol. The number of benzene rings is 2. The molecule has 0 aliphatic heterocycles. The number of hydrazone groups is 1. The first-order chi connectivity index (χ1) is 13.4. The van der Waals surface area contributed by atoms with Crippen LogP contribution in [0.5, 0.6) is 11.5 Å². The molecule has 0 bridgehead atoms. The Morgan fingerprint density at radius 1 is 1.18 bits per heavy atom. The zero-order valence-corrected chi connectivity index (χ0v) is 19.6. The van der Waals surface area contributed by atoms with E-state index in [1.54, 1.807) is 19.2 Å². The van der Waals surface area contributed by atoms with Crippen LogP contribution in [0.2, 0.25) is 0 Å². The van der Waals surface area contributed by atoms with E-state index < -0.39 is 5.91 Å². The number of hydrogen-bond donors (Lipinski definition) is 1. The highest BCUT2D eigenvalue weighted by Gasteiger charge is 2.14. The van der Waals surface area contributed by atoms with Gasteiger partial charge in [0.05, 0.1) is 28.9 Å². The van der Waals surface area contributed by atoms with Crippen LogP contribution in [0.15, 0.2) is 53.3 Å².